The van der Waals surface area contributed by atoms with Crippen LogP contribution in [0, 0.1) is 6.92 Å². The largest absolute Gasteiger partial charge is 0.351 e. The Hall–Kier alpha value is -1.14. The molecule has 1 aromatic rings. The molecule has 0 aliphatic carbocycles. The zero-order valence-electron chi connectivity index (χ0n) is 12.2. The van der Waals surface area contributed by atoms with Crippen molar-refractivity contribution in [2.75, 3.05) is 19.6 Å². The maximum absolute atomic E-state index is 12.0. The molecular weight excluding hydrogens is 278 g/mol. The Labute approximate surface area is 126 Å². The molecule has 0 saturated carbocycles. The van der Waals surface area contributed by atoms with Crippen LogP contribution in [0.25, 0.3) is 0 Å². The third kappa shape index (κ3) is 3.93. The second-order valence-electron chi connectivity index (χ2n) is 5.06. The summed E-state index contributed by atoms with van der Waals surface area (Å²) < 4.78 is 1.91. The number of aromatic nitrogens is 3. The van der Waals surface area contributed by atoms with E-state index in [1.165, 1.54) is 0 Å². The number of piperidine rings is 1. The molecule has 20 heavy (non-hydrogen) atoms. The van der Waals surface area contributed by atoms with E-state index in [-0.39, 0.29) is 18.3 Å². The Kier molecular flexibility index (Phi) is 6.95. The van der Waals surface area contributed by atoms with E-state index in [0.29, 0.717) is 18.3 Å². The van der Waals surface area contributed by atoms with E-state index in [1.807, 2.05) is 11.6 Å². The summed E-state index contributed by atoms with van der Waals surface area (Å²) in [7, 11) is 0. The summed E-state index contributed by atoms with van der Waals surface area (Å²) in [5.41, 5.74) is 1.34. The lowest BCUT2D eigenvalue weighted by molar-refractivity contribution is 0.0947. The van der Waals surface area contributed by atoms with Crippen molar-refractivity contribution in [2.24, 2.45) is 0 Å². The number of carbonyl (C=O) groups is 1. The second-order valence-corrected chi connectivity index (χ2v) is 5.06. The molecule has 1 saturated heterocycles. The molecule has 2 N–H and O–H groups in total. The van der Waals surface area contributed by atoms with Gasteiger partial charge in [0.2, 0.25) is 0 Å². The van der Waals surface area contributed by atoms with Crippen LogP contribution >= 0.6 is 12.4 Å². The second kappa shape index (κ2) is 8.21. The molecule has 0 unspecified atom stereocenters. The highest BCUT2D eigenvalue weighted by molar-refractivity contribution is 5.93. The number of hydrogen-bond donors (Lipinski definition) is 2. The normalized spacial score (nSPS) is 15.7. The Balaban J connectivity index is 0.00000200. The Bertz CT molecular complexity index is 428. The van der Waals surface area contributed by atoms with Crippen LogP contribution in [0.4, 0.5) is 0 Å². The van der Waals surface area contributed by atoms with Crippen LogP contribution in [0.2, 0.25) is 0 Å². The Morgan fingerprint density at radius 3 is 2.80 bits per heavy atom. The maximum atomic E-state index is 12.0. The SMILES string of the molecule is CCCCNC(=O)c1nnn(C2CCNCC2)c1C.Cl. The number of rotatable bonds is 5. The first kappa shape index (κ1) is 16.9. The highest BCUT2D eigenvalue weighted by atomic mass is 35.5. The number of nitrogens with zero attached hydrogens (tertiary/aromatic N) is 3. The van der Waals surface area contributed by atoms with Crippen LogP contribution in [0.1, 0.15) is 54.8 Å². The number of nitrogens with one attached hydrogen (secondary N) is 2. The molecule has 1 aliphatic heterocycles. The summed E-state index contributed by atoms with van der Waals surface area (Å²) in [6, 6.07) is 0.367. The van der Waals surface area contributed by atoms with Gasteiger partial charge in [-0.3, -0.25) is 4.79 Å². The van der Waals surface area contributed by atoms with Gasteiger partial charge in [0.25, 0.3) is 5.91 Å². The van der Waals surface area contributed by atoms with Crippen LogP contribution in [-0.4, -0.2) is 40.5 Å². The van der Waals surface area contributed by atoms with Crippen molar-refractivity contribution < 1.29 is 4.79 Å². The Morgan fingerprint density at radius 2 is 2.15 bits per heavy atom. The molecule has 114 valence electrons. The van der Waals surface area contributed by atoms with Gasteiger partial charge in [-0.15, -0.1) is 17.5 Å². The molecule has 6 nitrogen and oxygen atoms in total. The minimum atomic E-state index is -0.105. The molecule has 1 aliphatic rings. The van der Waals surface area contributed by atoms with Gasteiger partial charge < -0.3 is 10.6 Å². The van der Waals surface area contributed by atoms with Crippen LogP contribution in [0.15, 0.2) is 0 Å². The monoisotopic (exact) mass is 301 g/mol. The average Bonchev–Trinajstić information content (AvgIpc) is 2.82. The van der Waals surface area contributed by atoms with Gasteiger partial charge in [-0.1, -0.05) is 18.6 Å². The lowest BCUT2D eigenvalue weighted by atomic mass is 10.1. The minimum Gasteiger partial charge on any atom is -0.351 e. The number of amides is 1. The van der Waals surface area contributed by atoms with Gasteiger partial charge in [0.1, 0.15) is 0 Å². The van der Waals surface area contributed by atoms with E-state index in [9.17, 15) is 4.79 Å². The van der Waals surface area contributed by atoms with Crippen molar-refractivity contribution in [3.63, 3.8) is 0 Å². The van der Waals surface area contributed by atoms with Gasteiger partial charge in [0.15, 0.2) is 5.69 Å². The minimum absolute atomic E-state index is 0. The highest BCUT2D eigenvalue weighted by Gasteiger charge is 2.22. The first-order valence-electron chi connectivity index (χ1n) is 7.14. The van der Waals surface area contributed by atoms with E-state index < -0.39 is 0 Å². The van der Waals surface area contributed by atoms with Crippen molar-refractivity contribution in [1.29, 1.82) is 0 Å². The summed E-state index contributed by atoms with van der Waals surface area (Å²) in [6.07, 6.45) is 4.15. The summed E-state index contributed by atoms with van der Waals surface area (Å²) >= 11 is 0. The first-order valence-corrected chi connectivity index (χ1v) is 7.14. The van der Waals surface area contributed by atoms with E-state index in [4.69, 9.17) is 0 Å². The first-order chi connectivity index (χ1) is 9.24. The van der Waals surface area contributed by atoms with E-state index in [1.54, 1.807) is 0 Å². The van der Waals surface area contributed by atoms with Crippen molar-refractivity contribution in [3.8, 4) is 0 Å². The van der Waals surface area contributed by atoms with Crippen LogP contribution < -0.4 is 10.6 Å². The molecule has 1 fully saturated rings. The standard InChI is InChI=1S/C13H23N5O.ClH/c1-3-4-7-15-13(19)12-10(2)18(17-16-12)11-5-8-14-9-6-11;/h11,14H,3-9H2,1-2H3,(H,15,19);1H. The molecule has 0 bridgehead atoms. The summed E-state index contributed by atoms with van der Waals surface area (Å²) in [6.45, 7) is 6.74. The predicted molar refractivity (Wildman–Crippen MR) is 80.4 cm³/mol. The molecular formula is C13H24ClN5O. The van der Waals surface area contributed by atoms with Crippen molar-refractivity contribution in [2.45, 2.75) is 45.6 Å². The summed E-state index contributed by atoms with van der Waals surface area (Å²) in [5, 5.41) is 14.4. The highest BCUT2D eigenvalue weighted by Crippen LogP contribution is 2.20. The van der Waals surface area contributed by atoms with Gasteiger partial charge in [-0.05, 0) is 39.3 Å². The third-order valence-corrected chi connectivity index (χ3v) is 3.61. The lowest BCUT2D eigenvalue weighted by Gasteiger charge is -2.23. The van der Waals surface area contributed by atoms with Crippen molar-refractivity contribution in [3.05, 3.63) is 11.4 Å². The fourth-order valence-electron chi connectivity index (χ4n) is 2.41. The molecule has 1 aromatic heterocycles. The average molecular weight is 302 g/mol. The van der Waals surface area contributed by atoms with Crippen LogP contribution in [0.5, 0.6) is 0 Å². The quantitative estimate of drug-likeness (QED) is 0.808. The van der Waals surface area contributed by atoms with Gasteiger partial charge in [-0.25, -0.2) is 4.68 Å². The van der Waals surface area contributed by atoms with Crippen LogP contribution in [-0.2, 0) is 0 Å². The molecule has 2 heterocycles. The number of halogens is 1. The van der Waals surface area contributed by atoms with Gasteiger partial charge in [0.05, 0.1) is 11.7 Å². The van der Waals surface area contributed by atoms with E-state index >= 15 is 0 Å². The molecule has 1 amide bonds. The zero-order valence-corrected chi connectivity index (χ0v) is 13.0. The van der Waals surface area contributed by atoms with Crippen molar-refractivity contribution in [1.82, 2.24) is 25.6 Å². The zero-order chi connectivity index (χ0) is 13.7. The fraction of sp³-hybridized carbons (Fsp3) is 0.769. The molecule has 0 aromatic carbocycles. The topological polar surface area (TPSA) is 71.8 Å². The number of unbranched alkanes of at least 4 members (excludes halogenated alkanes) is 1. The van der Waals surface area contributed by atoms with E-state index in [0.717, 1.165) is 44.5 Å². The smallest absolute Gasteiger partial charge is 0.273 e. The predicted octanol–water partition coefficient (Wildman–Crippen LogP) is 1.46. The van der Waals surface area contributed by atoms with Gasteiger partial charge in [0, 0.05) is 6.54 Å². The van der Waals surface area contributed by atoms with Gasteiger partial charge >= 0.3 is 0 Å². The maximum Gasteiger partial charge on any atom is 0.273 e. The molecule has 2 rings (SSSR count). The molecule has 7 heteroatoms. The van der Waals surface area contributed by atoms with Crippen LogP contribution in [0.3, 0.4) is 0 Å². The summed E-state index contributed by atoms with van der Waals surface area (Å²) in [4.78, 5) is 12.0. The third-order valence-electron chi connectivity index (χ3n) is 3.61. The Morgan fingerprint density at radius 1 is 1.45 bits per heavy atom. The summed E-state index contributed by atoms with van der Waals surface area (Å²) in [5.74, 6) is -0.105. The lowest BCUT2D eigenvalue weighted by Crippen LogP contribution is -2.30. The van der Waals surface area contributed by atoms with Crippen molar-refractivity contribution >= 4 is 18.3 Å². The molecule has 0 atom stereocenters. The number of carbonyl (C=O) groups excluding carboxylic acids is 1. The fourth-order valence-corrected chi connectivity index (χ4v) is 2.41. The van der Waals surface area contributed by atoms with Gasteiger partial charge in [-0.2, -0.15) is 0 Å². The molecule has 0 spiro atoms. The molecule has 0 radical (unpaired) electrons. The number of hydrogen-bond acceptors (Lipinski definition) is 4. The van der Waals surface area contributed by atoms with E-state index in [2.05, 4.69) is 27.9 Å².